The molecule has 3 amide bonds. The monoisotopic (exact) mass is 590 g/mol. The van der Waals surface area contributed by atoms with Crippen LogP contribution in [0.25, 0.3) is 0 Å². The number of carbonyl (C=O) groups is 3. The maximum Gasteiger partial charge on any atom is 0.253 e. The van der Waals surface area contributed by atoms with Crippen molar-refractivity contribution in [3.63, 3.8) is 0 Å². The number of halogens is 1. The predicted octanol–water partition coefficient (Wildman–Crippen LogP) is 4.00. The number of methoxy groups -OCH3 is 2. The molecule has 2 aliphatic rings. The van der Waals surface area contributed by atoms with E-state index in [1.165, 1.54) is 0 Å². The fourth-order valence-electron chi connectivity index (χ4n) is 5.79. The second kappa shape index (κ2) is 12.7. The third kappa shape index (κ3) is 6.01. The van der Waals surface area contributed by atoms with Gasteiger partial charge in [-0.2, -0.15) is 0 Å². The van der Waals surface area contributed by atoms with Crippen LogP contribution in [-0.2, 0) is 16.0 Å². The maximum atomic E-state index is 14.0. The Morgan fingerprint density at radius 1 is 0.929 bits per heavy atom. The summed E-state index contributed by atoms with van der Waals surface area (Å²) in [6, 6.07) is 22.3. The van der Waals surface area contributed by atoms with Gasteiger partial charge in [-0.25, -0.2) is 0 Å². The van der Waals surface area contributed by atoms with Crippen LogP contribution >= 0.6 is 11.6 Å². The molecule has 0 bridgehead atoms. The molecule has 3 aromatic rings. The fourth-order valence-corrected chi connectivity index (χ4v) is 5.91. The van der Waals surface area contributed by atoms with E-state index in [2.05, 4.69) is 10.2 Å². The number of hydrogen-bond donors (Lipinski definition) is 1. The first kappa shape index (κ1) is 29.3. The van der Waals surface area contributed by atoms with Crippen molar-refractivity contribution in [3.8, 4) is 11.5 Å². The van der Waals surface area contributed by atoms with E-state index < -0.39 is 5.54 Å². The zero-order valence-electron chi connectivity index (χ0n) is 23.8. The summed E-state index contributed by atoms with van der Waals surface area (Å²) in [5.41, 5.74) is 1.66. The van der Waals surface area contributed by atoms with Gasteiger partial charge < -0.3 is 29.5 Å². The highest BCUT2D eigenvalue weighted by molar-refractivity contribution is 6.30. The molecule has 0 unspecified atom stereocenters. The summed E-state index contributed by atoms with van der Waals surface area (Å²) in [7, 11) is 3.17. The highest BCUT2D eigenvalue weighted by atomic mass is 35.5. The van der Waals surface area contributed by atoms with Crippen molar-refractivity contribution < 1.29 is 23.9 Å². The van der Waals surface area contributed by atoms with Crippen LogP contribution in [0.4, 0.5) is 5.69 Å². The van der Waals surface area contributed by atoms with Crippen molar-refractivity contribution in [1.29, 1.82) is 0 Å². The largest absolute Gasteiger partial charge is 0.493 e. The lowest BCUT2D eigenvalue weighted by atomic mass is 9.85. The lowest BCUT2D eigenvalue weighted by Gasteiger charge is -2.43. The minimum Gasteiger partial charge on any atom is -0.493 e. The van der Waals surface area contributed by atoms with Crippen LogP contribution in [0, 0.1) is 0 Å². The van der Waals surface area contributed by atoms with Crippen molar-refractivity contribution in [3.05, 3.63) is 88.9 Å². The summed E-state index contributed by atoms with van der Waals surface area (Å²) in [5.74, 6) is 0.902. The second-order valence-electron chi connectivity index (χ2n) is 10.5. The van der Waals surface area contributed by atoms with E-state index in [0.717, 1.165) is 11.3 Å². The molecule has 42 heavy (non-hydrogen) atoms. The van der Waals surface area contributed by atoms with E-state index in [-0.39, 0.29) is 24.3 Å². The highest BCUT2D eigenvalue weighted by Crippen LogP contribution is 2.39. The van der Waals surface area contributed by atoms with Gasteiger partial charge in [-0.3, -0.25) is 14.4 Å². The van der Waals surface area contributed by atoms with Crippen LogP contribution in [0.2, 0.25) is 5.02 Å². The second-order valence-corrected chi connectivity index (χ2v) is 11.0. The summed E-state index contributed by atoms with van der Waals surface area (Å²) in [6.07, 6.45) is 1.55. The van der Waals surface area contributed by atoms with Gasteiger partial charge in [0.05, 0.1) is 20.9 Å². The SMILES string of the molecule is COc1ccc(CCNC(=O)CN2CN(c3ccccc3)C3(CCN(C(=O)c4ccc(Cl)cc4)CC3)C2=O)cc1OC. The maximum absolute atomic E-state index is 14.0. The van der Waals surface area contributed by atoms with Crippen molar-refractivity contribution >= 4 is 35.0 Å². The molecule has 2 aliphatic heterocycles. The molecular weight excluding hydrogens is 556 g/mol. The number of hydrogen-bond acceptors (Lipinski definition) is 6. The van der Waals surface area contributed by atoms with Gasteiger partial charge in [-0.1, -0.05) is 35.9 Å². The van der Waals surface area contributed by atoms with Crippen LogP contribution < -0.4 is 19.7 Å². The smallest absolute Gasteiger partial charge is 0.253 e. The van der Waals surface area contributed by atoms with Crippen LogP contribution in [0.15, 0.2) is 72.8 Å². The van der Waals surface area contributed by atoms with E-state index in [4.69, 9.17) is 21.1 Å². The third-order valence-corrected chi connectivity index (χ3v) is 8.32. The van der Waals surface area contributed by atoms with Gasteiger partial charge in [0, 0.05) is 35.9 Å². The first-order valence-electron chi connectivity index (χ1n) is 14.0. The zero-order chi connectivity index (χ0) is 29.7. The van der Waals surface area contributed by atoms with Crippen molar-refractivity contribution in [2.75, 3.05) is 52.0 Å². The summed E-state index contributed by atoms with van der Waals surface area (Å²) in [6.45, 7) is 1.55. The quantitative estimate of drug-likeness (QED) is 0.405. The molecule has 0 atom stereocenters. The van der Waals surface area contributed by atoms with Crippen molar-refractivity contribution in [2.24, 2.45) is 0 Å². The highest BCUT2D eigenvalue weighted by Gasteiger charge is 2.54. The number of nitrogens with zero attached hydrogens (tertiary/aromatic N) is 3. The average Bonchev–Trinajstić information content (AvgIpc) is 3.27. The number of piperidine rings is 1. The first-order valence-corrected chi connectivity index (χ1v) is 14.4. The number of anilines is 1. The lowest BCUT2D eigenvalue weighted by molar-refractivity contribution is -0.137. The first-order chi connectivity index (χ1) is 20.3. The lowest BCUT2D eigenvalue weighted by Crippen LogP contribution is -2.57. The van der Waals surface area contributed by atoms with Crippen molar-refractivity contribution in [2.45, 2.75) is 24.8 Å². The van der Waals surface area contributed by atoms with Crippen LogP contribution in [0.5, 0.6) is 11.5 Å². The topological polar surface area (TPSA) is 91.4 Å². The van der Waals surface area contributed by atoms with Crippen LogP contribution in [-0.4, -0.2) is 80.1 Å². The number of benzene rings is 3. The van der Waals surface area contributed by atoms with Gasteiger partial charge in [0.2, 0.25) is 5.91 Å². The van der Waals surface area contributed by atoms with Crippen LogP contribution in [0.1, 0.15) is 28.8 Å². The van der Waals surface area contributed by atoms with Crippen LogP contribution in [0.3, 0.4) is 0 Å². The van der Waals surface area contributed by atoms with Gasteiger partial charge in [-0.15, -0.1) is 0 Å². The Balaban J connectivity index is 1.24. The Labute approximate surface area is 250 Å². The van der Waals surface area contributed by atoms with Gasteiger partial charge in [0.1, 0.15) is 12.1 Å². The molecule has 2 saturated heterocycles. The normalized spacial score (nSPS) is 16.1. The summed E-state index contributed by atoms with van der Waals surface area (Å²) < 4.78 is 10.7. The molecule has 0 aliphatic carbocycles. The Hall–Kier alpha value is -4.24. The minimum absolute atomic E-state index is 0.0384. The number of rotatable bonds is 9. The van der Waals surface area contributed by atoms with E-state index in [0.29, 0.717) is 67.7 Å². The molecule has 2 fully saturated rings. The fraction of sp³-hybridized carbons (Fsp3) is 0.344. The molecule has 9 nitrogen and oxygen atoms in total. The summed E-state index contributed by atoms with van der Waals surface area (Å²) in [5, 5.41) is 3.52. The van der Waals surface area contributed by atoms with Crippen molar-refractivity contribution in [1.82, 2.24) is 15.1 Å². The number of para-hydroxylation sites is 1. The Bertz CT molecular complexity index is 1420. The Morgan fingerprint density at radius 3 is 2.29 bits per heavy atom. The summed E-state index contributed by atoms with van der Waals surface area (Å²) in [4.78, 5) is 45.6. The Morgan fingerprint density at radius 2 is 1.62 bits per heavy atom. The molecule has 3 aromatic carbocycles. The predicted molar refractivity (Wildman–Crippen MR) is 161 cm³/mol. The van der Waals surface area contributed by atoms with Gasteiger partial charge in [-0.05, 0) is 73.4 Å². The molecule has 0 radical (unpaired) electrons. The molecule has 1 N–H and O–H groups in total. The Kier molecular flexibility index (Phi) is 8.87. The molecule has 5 rings (SSSR count). The molecule has 2 heterocycles. The number of ether oxygens (including phenoxy) is 2. The molecule has 10 heteroatoms. The molecule has 220 valence electrons. The molecule has 1 spiro atoms. The summed E-state index contributed by atoms with van der Waals surface area (Å²) >= 11 is 5.99. The van der Waals surface area contributed by atoms with E-state index in [1.807, 2.05) is 48.5 Å². The standard InChI is InChI=1S/C32H35ClN4O5/c1-41-27-13-8-23(20-28(27)42-2)14-17-34-29(38)21-36-22-37(26-6-4-3-5-7-26)32(31(36)40)15-18-35(19-16-32)30(39)24-9-11-25(33)12-10-24/h3-13,20H,14-19,21-22H2,1-2H3,(H,34,38). The zero-order valence-corrected chi connectivity index (χ0v) is 24.6. The molecule has 0 saturated carbocycles. The number of amides is 3. The van der Waals surface area contributed by atoms with Gasteiger partial charge in [0.15, 0.2) is 11.5 Å². The van der Waals surface area contributed by atoms with E-state index in [9.17, 15) is 14.4 Å². The third-order valence-electron chi connectivity index (χ3n) is 8.07. The van der Waals surface area contributed by atoms with E-state index >= 15 is 0 Å². The van der Waals surface area contributed by atoms with Gasteiger partial charge >= 0.3 is 0 Å². The minimum atomic E-state index is -0.821. The van der Waals surface area contributed by atoms with E-state index in [1.54, 1.807) is 48.3 Å². The molecular formula is C32H35ClN4O5. The number of carbonyl (C=O) groups excluding carboxylic acids is 3. The van der Waals surface area contributed by atoms with Gasteiger partial charge in [0.25, 0.3) is 11.8 Å². The molecule has 0 aromatic heterocycles. The average molecular weight is 591 g/mol. The number of nitrogens with one attached hydrogen (secondary N) is 1. The number of likely N-dealkylation sites (tertiary alicyclic amines) is 1.